The molecule has 0 spiro atoms. The zero-order valence-electron chi connectivity index (χ0n) is 15.6. The van der Waals surface area contributed by atoms with E-state index < -0.39 is 15.6 Å². The predicted octanol–water partition coefficient (Wildman–Crippen LogP) is 2.21. The minimum atomic E-state index is -3.97. The normalized spacial score (nSPS) is 16.8. The zero-order valence-corrected chi connectivity index (χ0v) is 17.3. The van der Waals surface area contributed by atoms with E-state index in [0.717, 1.165) is 4.90 Å². The van der Waals surface area contributed by atoms with Crippen molar-refractivity contribution in [3.63, 3.8) is 0 Å². The summed E-state index contributed by atoms with van der Waals surface area (Å²) < 4.78 is 33.1. The number of carbonyl (C=O) groups excluding carboxylic acids is 2. The van der Waals surface area contributed by atoms with Crippen molar-refractivity contribution < 1.29 is 27.5 Å². The van der Waals surface area contributed by atoms with Gasteiger partial charge in [0.1, 0.15) is 5.60 Å². The fraction of sp³-hybridized carbons (Fsp3) is 0.200. The number of amides is 2. The molecule has 8 nitrogen and oxygen atoms in total. The summed E-state index contributed by atoms with van der Waals surface area (Å²) in [5.41, 5.74) is -0.841. The molecule has 1 atom stereocenters. The summed E-state index contributed by atoms with van der Waals surface area (Å²) in [4.78, 5) is 25.3. The van der Waals surface area contributed by atoms with Gasteiger partial charge in [0.25, 0.3) is 0 Å². The number of hydrogen-bond donors (Lipinski definition) is 2. The molecule has 1 aromatic carbocycles. The van der Waals surface area contributed by atoms with Crippen LogP contribution in [0.2, 0.25) is 0 Å². The van der Waals surface area contributed by atoms with Gasteiger partial charge in [-0.2, -0.15) is 0 Å². The number of aliphatic hydroxyl groups is 1. The monoisotopic (exact) mass is 446 g/mol. The topological polar surface area (TPSA) is 117 Å². The van der Waals surface area contributed by atoms with Crippen LogP contribution in [0.1, 0.15) is 23.3 Å². The average Bonchev–Trinajstić information content (AvgIpc) is 3.50. The van der Waals surface area contributed by atoms with E-state index in [1.54, 1.807) is 23.6 Å². The first-order valence-electron chi connectivity index (χ1n) is 9.06. The molecular formula is C20H18N2O6S2. The Morgan fingerprint density at radius 1 is 1.10 bits per heavy atom. The van der Waals surface area contributed by atoms with Crippen LogP contribution in [0.25, 0.3) is 0 Å². The van der Waals surface area contributed by atoms with Crippen LogP contribution < -0.4 is 9.62 Å². The number of rotatable bonds is 7. The van der Waals surface area contributed by atoms with Crippen LogP contribution in [-0.4, -0.2) is 31.9 Å². The summed E-state index contributed by atoms with van der Waals surface area (Å²) in [6.45, 7) is -0.305. The van der Waals surface area contributed by atoms with Gasteiger partial charge in [-0.3, -0.25) is 14.5 Å². The van der Waals surface area contributed by atoms with E-state index in [0.29, 0.717) is 16.1 Å². The van der Waals surface area contributed by atoms with Crippen LogP contribution in [0, 0.1) is 0 Å². The first kappa shape index (κ1) is 20.5. The molecular weight excluding hydrogens is 428 g/mol. The Bertz CT molecular complexity index is 1100. The molecule has 3 heterocycles. The zero-order chi connectivity index (χ0) is 21.4. The molecule has 2 N–H and O–H groups in total. The van der Waals surface area contributed by atoms with Gasteiger partial charge in [-0.15, -0.1) is 11.3 Å². The van der Waals surface area contributed by atoms with Crippen molar-refractivity contribution in [1.82, 2.24) is 4.72 Å². The van der Waals surface area contributed by atoms with Crippen molar-refractivity contribution in [2.24, 2.45) is 0 Å². The summed E-state index contributed by atoms with van der Waals surface area (Å²) >= 11 is 1.30. The van der Waals surface area contributed by atoms with Crippen LogP contribution in [0.4, 0.5) is 5.69 Å². The van der Waals surface area contributed by atoms with Gasteiger partial charge < -0.3 is 9.52 Å². The maximum atomic E-state index is 12.8. The molecule has 0 radical (unpaired) electrons. The van der Waals surface area contributed by atoms with Crippen LogP contribution in [0.3, 0.4) is 0 Å². The molecule has 1 aliphatic rings. The minimum absolute atomic E-state index is 0.0499. The fourth-order valence-corrected chi connectivity index (χ4v) is 5.17. The molecule has 0 saturated carbocycles. The highest BCUT2D eigenvalue weighted by Crippen LogP contribution is 2.33. The first-order valence-corrected chi connectivity index (χ1v) is 11.4. The van der Waals surface area contributed by atoms with Crippen LogP contribution in [0.15, 0.2) is 69.7 Å². The number of nitrogens with zero attached hydrogens (tertiary/aromatic N) is 1. The Hall–Kier alpha value is -2.79. The van der Waals surface area contributed by atoms with Crippen molar-refractivity contribution in [2.45, 2.75) is 23.3 Å². The van der Waals surface area contributed by atoms with E-state index >= 15 is 0 Å². The average molecular weight is 447 g/mol. The van der Waals surface area contributed by atoms with Crippen LogP contribution in [-0.2, 0) is 25.2 Å². The maximum Gasteiger partial charge on any atom is 0.240 e. The van der Waals surface area contributed by atoms with Crippen molar-refractivity contribution in [3.05, 3.63) is 70.8 Å². The summed E-state index contributed by atoms with van der Waals surface area (Å²) in [5, 5.41) is 13.0. The van der Waals surface area contributed by atoms with E-state index in [4.69, 9.17) is 4.42 Å². The molecule has 1 saturated heterocycles. The number of thiophene rings is 1. The maximum absolute atomic E-state index is 12.8. The molecule has 1 aliphatic heterocycles. The summed E-state index contributed by atoms with van der Waals surface area (Å²) in [6, 6.07) is 10.5. The molecule has 30 heavy (non-hydrogen) atoms. The Balaban J connectivity index is 1.55. The lowest BCUT2D eigenvalue weighted by Crippen LogP contribution is -2.40. The first-order chi connectivity index (χ1) is 14.3. The van der Waals surface area contributed by atoms with Crippen LogP contribution >= 0.6 is 11.3 Å². The molecule has 1 fully saturated rings. The largest absolute Gasteiger partial charge is 0.472 e. The molecule has 3 aromatic rings. The van der Waals surface area contributed by atoms with Gasteiger partial charge in [0.05, 0.1) is 23.1 Å². The standard InChI is InChI=1S/C20H18N2O6S2/c23-18-7-8-19(24)22(18)15-3-5-16(6-4-15)30(26,27)21-13-20(25,14-9-10-28-12-14)17-2-1-11-29-17/h1-6,9-12,21,25H,7-8,13H2. The van der Waals surface area contributed by atoms with E-state index in [9.17, 15) is 23.1 Å². The second-order valence-electron chi connectivity index (χ2n) is 6.79. The third kappa shape index (κ3) is 3.70. The molecule has 10 heteroatoms. The third-order valence-electron chi connectivity index (χ3n) is 4.90. The molecule has 2 amide bonds. The van der Waals surface area contributed by atoms with E-state index in [-0.39, 0.29) is 36.1 Å². The Kier molecular flexibility index (Phi) is 5.33. The summed E-state index contributed by atoms with van der Waals surface area (Å²) in [7, 11) is -3.97. The molecule has 1 unspecified atom stereocenters. The lowest BCUT2D eigenvalue weighted by Gasteiger charge is -2.26. The van der Waals surface area contributed by atoms with E-state index in [1.807, 2.05) is 0 Å². The number of carbonyl (C=O) groups is 2. The quantitative estimate of drug-likeness (QED) is 0.538. The third-order valence-corrected chi connectivity index (χ3v) is 7.34. The lowest BCUT2D eigenvalue weighted by molar-refractivity contribution is -0.121. The SMILES string of the molecule is O=C1CCC(=O)N1c1ccc(S(=O)(=O)NCC(O)(c2ccoc2)c2cccs2)cc1. The molecule has 0 aliphatic carbocycles. The van der Waals surface area contributed by atoms with Gasteiger partial charge in [0, 0.05) is 29.8 Å². The Morgan fingerprint density at radius 2 is 1.80 bits per heavy atom. The molecule has 156 valence electrons. The van der Waals surface area contributed by atoms with Gasteiger partial charge >= 0.3 is 0 Å². The van der Waals surface area contributed by atoms with Gasteiger partial charge in [-0.25, -0.2) is 13.1 Å². The Labute approximate surface area is 176 Å². The number of nitrogens with one attached hydrogen (secondary N) is 1. The van der Waals surface area contributed by atoms with Crippen molar-refractivity contribution in [2.75, 3.05) is 11.4 Å². The number of benzene rings is 1. The smallest absolute Gasteiger partial charge is 0.240 e. The van der Waals surface area contributed by atoms with Gasteiger partial charge in [-0.05, 0) is 41.8 Å². The second kappa shape index (κ2) is 7.80. The highest BCUT2D eigenvalue weighted by Gasteiger charge is 2.35. The fourth-order valence-electron chi connectivity index (χ4n) is 3.27. The molecule has 0 bridgehead atoms. The minimum Gasteiger partial charge on any atom is -0.472 e. The highest BCUT2D eigenvalue weighted by molar-refractivity contribution is 7.89. The van der Waals surface area contributed by atoms with Gasteiger partial charge in [0.2, 0.25) is 21.8 Å². The van der Waals surface area contributed by atoms with Crippen molar-refractivity contribution >= 4 is 38.9 Å². The summed E-state index contributed by atoms with van der Waals surface area (Å²) in [6.07, 6.45) is 3.07. The number of imide groups is 1. The number of sulfonamides is 1. The van der Waals surface area contributed by atoms with Crippen molar-refractivity contribution in [3.8, 4) is 0 Å². The second-order valence-corrected chi connectivity index (χ2v) is 9.51. The van der Waals surface area contributed by atoms with E-state index in [2.05, 4.69) is 4.72 Å². The number of hydrogen-bond acceptors (Lipinski definition) is 7. The Morgan fingerprint density at radius 3 is 2.37 bits per heavy atom. The van der Waals surface area contributed by atoms with Gasteiger partial charge in [0.15, 0.2) is 0 Å². The van der Waals surface area contributed by atoms with Gasteiger partial charge in [-0.1, -0.05) is 6.07 Å². The molecule has 4 rings (SSSR count). The number of furan rings is 1. The summed E-state index contributed by atoms with van der Waals surface area (Å²) in [5.74, 6) is -0.621. The van der Waals surface area contributed by atoms with Crippen LogP contribution in [0.5, 0.6) is 0 Å². The van der Waals surface area contributed by atoms with Crippen molar-refractivity contribution in [1.29, 1.82) is 0 Å². The predicted molar refractivity (Wildman–Crippen MR) is 109 cm³/mol. The number of anilines is 1. The lowest BCUT2D eigenvalue weighted by atomic mass is 9.95. The van der Waals surface area contributed by atoms with E-state index in [1.165, 1.54) is 48.1 Å². The molecule has 2 aromatic heterocycles. The highest BCUT2D eigenvalue weighted by atomic mass is 32.2.